The van der Waals surface area contributed by atoms with E-state index < -0.39 is 0 Å². The predicted octanol–water partition coefficient (Wildman–Crippen LogP) is 4.62. The molecule has 1 aliphatic rings. The zero-order valence-electron chi connectivity index (χ0n) is 16.0. The number of hydrogen-bond donors (Lipinski definition) is 1. The molecule has 3 heteroatoms. The first kappa shape index (κ1) is 18.5. The summed E-state index contributed by atoms with van der Waals surface area (Å²) < 4.78 is 0. The summed E-state index contributed by atoms with van der Waals surface area (Å²) in [5, 5.41) is 3.12. The van der Waals surface area contributed by atoms with Crippen LogP contribution in [-0.4, -0.2) is 23.9 Å². The molecule has 0 radical (unpaired) electrons. The molecule has 28 heavy (non-hydrogen) atoms. The molecule has 142 valence electrons. The normalized spacial score (nSPS) is 19.4. The summed E-state index contributed by atoms with van der Waals surface area (Å²) in [5.41, 5.74) is 3.46. The monoisotopic (exact) mass is 370 g/mol. The Labute approximate surface area is 167 Å². The SMILES string of the molecule is O=C(Nc1ccccc1)[C@@H]1CN(Cc2ccccc2)C[C@H]1Cc1ccccc1. The highest BCUT2D eigenvalue weighted by atomic mass is 16.2. The van der Waals surface area contributed by atoms with Gasteiger partial charge in [-0.1, -0.05) is 78.9 Å². The molecule has 0 unspecified atom stereocenters. The van der Waals surface area contributed by atoms with Crippen LogP contribution < -0.4 is 5.32 Å². The van der Waals surface area contributed by atoms with Crippen molar-refractivity contribution in [3.05, 3.63) is 102 Å². The van der Waals surface area contributed by atoms with Gasteiger partial charge >= 0.3 is 0 Å². The van der Waals surface area contributed by atoms with Gasteiger partial charge in [0.2, 0.25) is 5.91 Å². The van der Waals surface area contributed by atoms with Gasteiger partial charge in [0.1, 0.15) is 0 Å². The van der Waals surface area contributed by atoms with E-state index in [1.807, 2.05) is 42.5 Å². The molecular formula is C25H26N2O. The molecule has 0 bridgehead atoms. The van der Waals surface area contributed by atoms with Gasteiger partial charge in [0, 0.05) is 25.3 Å². The number of nitrogens with one attached hydrogen (secondary N) is 1. The van der Waals surface area contributed by atoms with Crippen molar-refractivity contribution in [3.63, 3.8) is 0 Å². The zero-order chi connectivity index (χ0) is 19.2. The van der Waals surface area contributed by atoms with E-state index in [0.29, 0.717) is 5.92 Å². The summed E-state index contributed by atoms with van der Waals surface area (Å²) >= 11 is 0. The summed E-state index contributed by atoms with van der Waals surface area (Å²) in [5.74, 6) is 0.432. The van der Waals surface area contributed by atoms with Crippen molar-refractivity contribution >= 4 is 11.6 Å². The average Bonchev–Trinajstić information content (AvgIpc) is 3.12. The zero-order valence-corrected chi connectivity index (χ0v) is 16.0. The minimum Gasteiger partial charge on any atom is -0.326 e. The second-order valence-corrected chi connectivity index (χ2v) is 7.59. The first-order valence-corrected chi connectivity index (χ1v) is 9.94. The second-order valence-electron chi connectivity index (χ2n) is 7.59. The molecule has 1 fully saturated rings. The summed E-state index contributed by atoms with van der Waals surface area (Å²) in [6, 6.07) is 30.8. The van der Waals surface area contributed by atoms with E-state index in [9.17, 15) is 4.79 Å². The number of nitrogens with zero attached hydrogens (tertiary/aromatic N) is 1. The van der Waals surface area contributed by atoms with E-state index in [-0.39, 0.29) is 11.8 Å². The molecule has 0 saturated carbocycles. The number of benzene rings is 3. The Morgan fingerprint density at radius 2 is 1.36 bits per heavy atom. The lowest BCUT2D eigenvalue weighted by molar-refractivity contribution is -0.120. The Hall–Kier alpha value is -2.91. The third kappa shape index (κ3) is 4.68. The summed E-state index contributed by atoms with van der Waals surface area (Å²) in [7, 11) is 0. The van der Waals surface area contributed by atoms with Crippen molar-refractivity contribution in [2.24, 2.45) is 11.8 Å². The van der Waals surface area contributed by atoms with Gasteiger partial charge in [-0.25, -0.2) is 0 Å². The van der Waals surface area contributed by atoms with E-state index in [1.54, 1.807) is 0 Å². The van der Waals surface area contributed by atoms with Gasteiger partial charge < -0.3 is 5.32 Å². The fraction of sp³-hybridized carbons (Fsp3) is 0.240. The smallest absolute Gasteiger partial charge is 0.229 e. The Balaban J connectivity index is 1.49. The molecule has 1 N–H and O–H groups in total. The van der Waals surface area contributed by atoms with Crippen LogP contribution in [0.15, 0.2) is 91.0 Å². The van der Waals surface area contributed by atoms with E-state index in [1.165, 1.54) is 11.1 Å². The standard InChI is InChI=1S/C25H26N2O/c28-25(26-23-14-8-3-9-15-23)24-19-27(17-21-12-6-2-7-13-21)18-22(24)16-20-10-4-1-5-11-20/h1-15,22,24H,16-19H2,(H,26,28)/t22-,24-/m1/s1. The van der Waals surface area contributed by atoms with Crippen LogP contribution in [0.4, 0.5) is 5.69 Å². The number of hydrogen-bond acceptors (Lipinski definition) is 2. The molecule has 4 rings (SSSR count). The number of carbonyl (C=O) groups excluding carboxylic acids is 1. The van der Waals surface area contributed by atoms with Crippen LogP contribution in [-0.2, 0) is 17.8 Å². The van der Waals surface area contributed by atoms with Crippen LogP contribution in [0, 0.1) is 11.8 Å². The van der Waals surface area contributed by atoms with E-state index >= 15 is 0 Å². The molecule has 0 aromatic heterocycles. The second kappa shape index (κ2) is 8.85. The third-order valence-corrected chi connectivity index (χ3v) is 5.48. The van der Waals surface area contributed by atoms with Crippen molar-refractivity contribution in [1.82, 2.24) is 4.90 Å². The maximum Gasteiger partial charge on any atom is 0.229 e. The maximum absolute atomic E-state index is 13.1. The minimum atomic E-state index is -0.0101. The molecule has 1 aliphatic heterocycles. The van der Waals surface area contributed by atoms with Crippen LogP contribution in [0.3, 0.4) is 0 Å². The summed E-state index contributed by atoms with van der Waals surface area (Å²) in [6.07, 6.45) is 0.930. The van der Waals surface area contributed by atoms with Crippen LogP contribution in [0.1, 0.15) is 11.1 Å². The fourth-order valence-electron chi connectivity index (χ4n) is 4.11. The van der Waals surface area contributed by atoms with Crippen LogP contribution in [0.2, 0.25) is 0 Å². The molecule has 2 atom stereocenters. The summed E-state index contributed by atoms with van der Waals surface area (Å²) in [4.78, 5) is 15.5. The topological polar surface area (TPSA) is 32.3 Å². The van der Waals surface area contributed by atoms with Crippen molar-refractivity contribution in [3.8, 4) is 0 Å². The fourth-order valence-corrected chi connectivity index (χ4v) is 4.11. The number of anilines is 1. The van der Waals surface area contributed by atoms with Gasteiger partial charge in [-0.05, 0) is 35.6 Å². The highest BCUT2D eigenvalue weighted by Crippen LogP contribution is 2.29. The van der Waals surface area contributed by atoms with Gasteiger partial charge in [0.25, 0.3) is 0 Å². The van der Waals surface area contributed by atoms with E-state index in [2.05, 4.69) is 58.7 Å². The average molecular weight is 370 g/mol. The Bertz CT molecular complexity index is 880. The molecule has 3 aromatic carbocycles. The Morgan fingerprint density at radius 3 is 2.00 bits per heavy atom. The quantitative estimate of drug-likeness (QED) is 0.687. The van der Waals surface area contributed by atoms with Crippen LogP contribution >= 0.6 is 0 Å². The molecule has 3 nitrogen and oxygen atoms in total. The van der Waals surface area contributed by atoms with Crippen molar-refractivity contribution in [2.75, 3.05) is 18.4 Å². The third-order valence-electron chi connectivity index (χ3n) is 5.48. The van der Waals surface area contributed by atoms with Crippen molar-refractivity contribution in [1.29, 1.82) is 0 Å². The Kier molecular flexibility index (Phi) is 5.83. The van der Waals surface area contributed by atoms with Crippen LogP contribution in [0.25, 0.3) is 0 Å². The number of carbonyl (C=O) groups is 1. The number of para-hydroxylation sites is 1. The highest BCUT2D eigenvalue weighted by molar-refractivity contribution is 5.93. The first-order chi connectivity index (χ1) is 13.8. The van der Waals surface area contributed by atoms with Gasteiger partial charge in [-0.2, -0.15) is 0 Å². The lowest BCUT2D eigenvalue weighted by atomic mass is 9.89. The van der Waals surface area contributed by atoms with Crippen LogP contribution in [0.5, 0.6) is 0 Å². The molecule has 0 spiro atoms. The highest BCUT2D eigenvalue weighted by Gasteiger charge is 2.37. The van der Waals surface area contributed by atoms with E-state index in [4.69, 9.17) is 0 Å². The predicted molar refractivity (Wildman–Crippen MR) is 114 cm³/mol. The van der Waals surface area contributed by atoms with Gasteiger partial charge in [0.05, 0.1) is 5.92 Å². The van der Waals surface area contributed by atoms with Gasteiger partial charge in [0.15, 0.2) is 0 Å². The first-order valence-electron chi connectivity index (χ1n) is 9.94. The van der Waals surface area contributed by atoms with E-state index in [0.717, 1.165) is 31.7 Å². The molecular weight excluding hydrogens is 344 g/mol. The lowest BCUT2D eigenvalue weighted by Gasteiger charge is -2.18. The van der Waals surface area contributed by atoms with Crippen molar-refractivity contribution < 1.29 is 4.79 Å². The van der Waals surface area contributed by atoms with Gasteiger partial charge in [-0.3, -0.25) is 9.69 Å². The maximum atomic E-state index is 13.1. The van der Waals surface area contributed by atoms with Crippen molar-refractivity contribution in [2.45, 2.75) is 13.0 Å². The lowest BCUT2D eigenvalue weighted by Crippen LogP contribution is -2.30. The molecule has 1 heterocycles. The number of amides is 1. The van der Waals surface area contributed by atoms with Gasteiger partial charge in [-0.15, -0.1) is 0 Å². The number of likely N-dealkylation sites (tertiary alicyclic amines) is 1. The molecule has 3 aromatic rings. The molecule has 0 aliphatic carbocycles. The largest absolute Gasteiger partial charge is 0.326 e. The molecule has 1 saturated heterocycles. The Morgan fingerprint density at radius 1 is 0.786 bits per heavy atom. The molecule has 1 amide bonds. The summed E-state index contributed by atoms with van der Waals surface area (Å²) in [6.45, 7) is 2.63. The minimum absolute atomic E-state index is 0.0101. The number of rotatable bonds is 6.